The van der Waals surface area contributed by atoms with E-state index in [1.54, 1.807) is 18.3 Å². The van der Waals surface area contributed by atoms with E-state index in [2.05, 4.69) is 22.1 Å². The molecular formula is C18H16FN3O3. The maximum Gasteiger partial charge on any atom is 0.256 e. The lowest BCUT2D eigenvalue weighted by Gasteiger charge is -2.04. The molecule has 7 heteroatoms. The van der Waals surface area contributed by atoms with E-state index >= 15 is 0 Å². The van der Waals surface area contributed by atoms with Gasteiger partial charge in [-0.2, -0.15) is 0 Å². The van der Waals surface area contributed by atoms with Gasteiger partial charge in [0.1, 0.15) is 11.6 Å². The normalized spacial score (nSPS) is 15.4. The molecule has 25 heavy (non-hydrogen) atoms. The number of aliphatic hydroxyl groups is 1. The van der Waals surface area contributed by atoms with Crippen molar-refractivity contribution in [2.45, 2.75) is 6.04 Å². The van der Waals surface area contributed by atoms with Gasteiger partial charge in [-0.15, -0.1) is 0 Å². The molecule has 0 radical (unpaired) electrons. The van der Waals surface area contributed by atoms with E-state index in [1.807, 2.05) is 0 Å². The zero-order valence-corrected chi connectivity index (χ0v) is 13.4. The van der Waals surface area contributed by atoms with Crippen molar-refractivity contribution in [3.05, 3.63) is 47.0 Å². The fraction of sp³-hybridized carbons (Fsp3) is 0.167. The molecule has 5 N–H and O–H groups in total. The first kappa shape index (κ1) is 16.8. The molecule has 1 aliphatic heterocycles. The third-order valence-electron chi connectivity index (χ3n) is 3.70. The average Bonchev–Trinajstić information content (AvgIpc) is 3.16. The molecule has 1 aliphatic rings. The number of aromatic nitrogens is 1. The molecule has 2 aromatic rings. The average molecular weight is 341 g/mol. The van der Waals surface area contributed by atoms with Crippen LogP contribution in [0.1, 0.15) is 16.8 Å². The van der Waals surface area contributed by atoms with E-state index in [0.29, 0.717) is 33.8 Å². The van der Waals surface area contributed by atoms with E-state index in [1.165, 1.54) is 19.2 Å². The van der Waals surface area contributed by atoms with E-state index < -0.39 is 11.9 Å². The molecule has 0 fully saturated rings. The number of halogens is 1. The Morgan fingerprint density at radius 1 is 1.48 bits per heavy atom. The highest BCUT2D eigenvalue weighted by Crippen LogP contribution is 2.37. The van der Waals surface area contributed by atoms with Gasteiger partial charge in [0, 0.05) is 17.3 Å². The van der Waals surface area contributed by atoms with Gasteiger partial charge in [-0.25, -0.2) is 4.39 Å². The van der Waals surface area contributed by atoms with Crippen LogP contribution in [0.25, 0.3) is 11.6 Å². The molecule has 0 bridgehead atoms. The molecule has 128 valence electrons. The lowest BCUT2D eigenvalue weighted by atomic mass is 9.99. The number of fused-ring (bicyclic) bond motifs is 1. The molecule has 6 nitrogen and oxygen atoms in total. The molecule has 1 atom stereocenters. The van der Waals surface area contributed by atoms with Crippen LogP contribution < -0.4 is 15.8 Å². The summed E-state index contributed by atoms with van der Waals surface area (Å²) in [5, 5.41) is 11.6. The molecule has 2 heterocycles. The number of hydrogen-bond acceptors (Lipinski definition) is 4. The first-order valence-electron chi connectivity index (χ1n) is 7.49. The number of aromatic amines is 1. The van der Waals surface area contributed by atoms with Crippen LogP contribution in [0.5, 0.6) is 5.75 Å². The fourth-order valence-corrected chi connectivity index (χ4v) is 2.55. The monoisotopic (exact) mass is 341 g/mol. The minimum Gasteiger partial charge on any atom is -0.495 e. The van der Waals surface area contributed by atoms with Crippen LogP contribution in [0.2, 0.25) is 0 Å². The molecule has 0 saturated carbocycles. The number of carbonyl (C=O) groups is 1. The standard InChI is InChI=1S/C18H16FN3O3/c1-25-16-4-5-21-14(16)8-13-17-10(2-3-12(20)9-23)6-11(19)7-15(17)22-18(13)24/h4-8,12,21,23H,9,20H2,1H3,(H,22,24)/b13-8-. The predicted octanol–water partition coefficient (Wildman–Crippen LogP) is 1.33. The highest BCUT2D eigenvalue weighted by molar-refractivity contribution is 6.35. The van der Waals surface area contributed by atoms with Gasteiger partial charge in [0.15, 0.2) is 0 Å². The molecule has 1 unspecified atom stereocenters. The lowest BCUT2D eigenvalue weighted by molar-refractivity contribution is -0.110. The number of H-pyrrole nitrogens is 1. The largest absolute Gasteiger partial charge is 0.495 e. The van der Waals surface area contributed by atoms with Crippen LogP contribution in [-0.2, 0) is 4.79 Å². The van der Waals surface area contributed by atoms with Crippen LogP contribution in [0.4, 0.5) is 10.1 Å². The topological polar surface area (TPSA) is 100 Å². The van der Waals surface area contributed by atoms with Crippen molar-refractivity contribution < 1.29 is 19.0 Å². The second kappa shape index (κ2) is 6.81. The van der Waals surface area contributed by atoms with Gasteiger partial charge in [-0.05, 0) is 24.3 Å². The number of rotatable bonds is 3. The summed E-state index contributed by atoms with van der Waals surface area (Å²) in [6.45, 7) is -0.315. The van der Waals surface area contributed by atoms with E-state index in [4.69, 9.17) is 15.6 Å². The Balaban J connectivity index is 2.14. The Morgan fingerprint density at radius 3 is 3.00 bits per heavy atom. The predicted molar refractivity (Wildman–Crippen MR) is 92.2 cm³/mol. The second-order valence-electron chi connectivity index (χ2n) is 5.41. The molecule has 1 amide bonds. The van der Waals surface area contributed by atoms with Crippen molar-refractivity contribution in [2.24, 2.45) is 5.73 Å². The Morgan fingerprint density at radius 2 is 2.28 bits per heavy atom. The summed E-state index contributed by atoms with van der Waals surface area (Å²) in [6.07, 6.45) is 3.31. The van der Waals surface area contributed by atoms with Gasteiger partial charge in [-0.3, -0.25) is 4.79 Å². The molecule has 0 aliphatic carbocycles. The first-order chi connectivity index (χ1) is 12.0. The molecular weight excluding hydrogens is 325 g/mol. The lowest BCUT2D eigenvalue weighted by Crippen LogP contribution is -2.21. The summed E-state index contributed by atoms with van der Waals surface area (Å²) < 4.78 is 19.1. The number of nitrogens with one attached hydrogen (secondary N) is 2. The number of anilines is 1. The van der Waals surface area contributed by atoms with Crippen molar-refractivity contribution in [3.63, 3.8) is 0 Å². The van der Waals surface area contributed by atoms with Gasteiger partial charge >= 0.3 is 0 Å². The molecule has 0 saturated heterocycles. The number of ether oxygens (including phenoxy) is 1. The summed E-state index contributed by atoms with van der Waals surface area (Å²) in [5.74, 6) is 5.06. The van der Waals surface area contributed by atoms with Crippen LogP contribution in [0.15, 0.2) is 24.4 Å². The third-order valence-corrected chi connectivity index (χ3v) is 3.70. The SMILES string of the molecule is COc1cc[nH]c1/C=C1\C(=O)Nc2cc(F)cc(C#CC(N)CO)c21. The summed E-state index contributed by atoms with van der Waals surface area (Å²) in [5.41, 5.74) is 7.65. The van der Waals surface area contributed by atoms with Gasteiger partial charge in [-0.1, -0.05) is 11.8 Å². The number of benzene rings is 1. The fourth-order valence-electron chi connectivity index (χ4n) is 2.55. The molecule has 0 spiro atoms. The Labute approximate surface area is 143 Å². The zero-order chi connectivity index (χ0) is 18.0. The van der Waals surface area contributed by atoms with Crippen LogP contribution >= 0.6 is 0 Å². The van der Waals surface area contributed by atoms with Crippen molar-refractivity contribution in [1.82, 2.24) is 4.98 Å². The van der Waals surface area contributed by atoms with Crippen molar-refractivity contribution in [1.29, 1.82) is 0 Å². The van der Waals surface area contributed by atoms with Crippen LogP contribution in [0, 0.1) is 17.7 Å². The minimum absolute atomic E-state index is 0.314. The number of amides is 1. The maximum absolute atomic E-state index is 13.8. The van der Waals surface area contributed by atoms with Crippen molar-refractivity contribution in [2.75, 3.05) is 19.0 Å². The summed E-state index contributed by atoms with van der Waals surface area (Å²) >= 11 is 0. The van der Waals surface area contributed by atoms with E-state index in [0.717, 1.165) is 0 Å². The van der Waals surface area contributed by atoms with E-state index in [-0.39, 0.29) is 12.5 Å². The zero-order valence-electron chi connectivity index (χ0n) is 13.4. The van der Waals surface area contributed by atoms with Crippen LogP contribution in [0.3, 0.4) is 0 Å². The van der Waals surface area contributed by atoms with Crippen molar-refractivity contribution >= 4 is 23.2 Å². The number of aliphatic hydroxyl groups excluding tert-OH is 1. The Hall–Kier alpha value is -3.08. The number of hydrogen-bond donors (Lipinski definition) is 4. The van der Waals surface area contributed by atoms with Gasteiger partial charge in [0.2, 0.25) is 0 Å². The number of nitrogens with two attached hydrogens (primary N) is 1. The van der Waals surface area contributed by atoms with Gasteiger partial charge < -0.3 is 25.9 Å². The van der Waals surface area contributed by atoms with Crippen LogP contribution in [-0.4, -0.2) is 35.8 Å². The summed E-state index contributed by atoms with van der Waals surface area (Å²) in [7, 11) is 1.52. The molecule has 3 rings (SSSR count). The van der Waals surface area contributed by atoms with Crippen molar-refractivity contribution in [3.8, 4) is 17.6 Å². The maximum atomic E-state index is 13.8. The quantitative estimate of drug-likeness (QED) is 0.500. The molecule has 1 aromatic heterocycles. The first-order valence-corrected chi connectivity index (χ1v) is 7.49. The highest BCUT2D eigenvalue weighted by Gasteiger charge is 2.28. The highest BCUT2D eigenvalue weighted by atomic mass is 19.1. The minimum atomic E-state index is -0.750. The smallest absolute Gasteiger partial charge is 0.256 e. The van der Waals surface area contributed by atoms with Gasteiger partial charge in [0.05, 0.1) is 36.7 Å². The molecule has 1 aromatic carbocycles. The number of carbonyl (C=O) groups excluding carboxylic acids is 1. The Bertz CT molecular complexity index is 921. The Kier molecular flexibility index (Phi) is 4.57. The summed E-state index contributed by atoms with van der Waals surface area (Å²) in [6, 6.07) is 3.44. The van der Waals surface area contributed by atoms with E-state index in [9.17, 15) is 9.18 Å². The summed E-state index contributed by atoms with van der Waals surface area (Å²) in [4.78, 5) is 15.3. The third kappa shape index (κ3) is 3.26. The number of methoxy groups -OCH3 is 1. The van der Waals surface area contributed by atoms with Gasteiger partial charge in [0.25, 0.3) is 5.91 Å². The second-order valence-corrected chi connectivity index (χ2v) is 5.41.